The van der Waals surface area contributed by atoms with Crippen LogP contribution in [0.4, 0.5) is 4.79 Å². The molecule has 2 aliphatic heterocycles. The van der Waals surface area contributed by atoms with Gasteiger partial charge in [0.15, 0.2) is 5.79 Å². The Morgan fingerprint density at radius 3 is 2.62 bits per heavy atom. The molecule has 2 saturated heterocycles. The van der Waals surface area contributed by atoms with E-state index in [4.69, 9.17) is 9.47 Å². The van der Waals surface area contributed by atoms with Crippen molar-refractivity contribution in [3.63, 3.8) is 0 Å². The van der Waals surface area contributed by atoms with Crippen LogP contribution in [-0.4, -0.2) is 52.1 Å². The van der Waals surface area contributed by atoms with Crippen LogP contribution in [0, 0.1) is 0 Å². The molecule has 0 radical (unpaired) electrons. The molecule has 0 bridgehead atoms. The Kier molecular flexibility index (Phi) is 4.77. The van der Waals surface area contributed by atoms with E-state index in [9.17, 15) is 14.7 Å². The lowest BCUT2D eigenvalue weighted by Gasteiger charge is -2.56. The van der Waals surface area contributed by atoms with Gasteiger partial charge in [0, 0.05) is 12.6 Å². The number of carbonyl (C=O) groups excluding carboxylic acids is 1. The highest BCUT2D eigenvalue weighted by molar-refractivity contribution is 5.98. The Labute approximate surface area is 152 Å². The summed E-state index contributed by atoms with van der Waals surface area (Å²) in [5.74, 6) is -1.06. The number of allylic oxidation sites excluding steroid dienone is 1. The summed E-state index contributed by atoms with van der Waals surface area (Å²) >= 11 is 0. The largest absolute Gasteiger partial charge is 0.465 e. The average Bonchev–Trinajstić information content (AvgIpc) is 2.93. The zero-order chi connectivity index (χ0) is 18.9. The molecular weight excluding hydrogens is 336 g/mol. The minimum Gasteiger partial charge on any atom is -0.465 e. The molecule has 2 amide bonds. The zero-order valence-electron chi connectivity index (χ0n) is 15.1. The number of benzene rings is 1. The number of nitrogens with zero attached hydrogens (tertiary/aromatic N) is 1. The van der Waals surface area contributed by atoms with E-state index >= 15 is 0 Å². The molecule has 2 heterocycles. The van der Waals surface area contributed by atoms with E-state index in [1.165, 1.54) is 4.90 Å². The van der Waals surface area contributed by atoms with Gasteiger partial charge in [-0.25, -0.2) is 4.79 Å². The van der Waals surface area contributed by atoms with Gasteiger partial charge in [-0.3, -0.25) is 4.79 Å². The second-order valence-corrected chi connectivity index (χ2v) is 7.07. The van der Waals surface area contributed by atoms with Crippen LogP contribution in [0.25, 0.3) is 0 Å². The zero-order valence-corrected chi connectivity index (χ0v) is 15.1. The number of hydrogen-bond donors (Lipinski definition) is 2. The SMILES string of the molecule is CC=CN1C(=O)[C@@](Cc2ccccc2)(NC(=O)O)[C@H]1C1COC(C)(C)O1. The molecular formula is C19H24N2O5. The fourth-order valence-electron chi connectivity index (χ4n) is 3.80. The Bertz CT molecular complexity index is 718. The van der Waals surface area contributed by atoms with Gasteiger partial charge in [-0.05, 0) is 26.3 Å². The number of rotatable bonds is 5. The Hall–Kier alpha value is -2.38. The molecule has 3 atom stereocenters. The van der Waals surface area contributed by atoms with Crippen molar-refractivity contribution >= 4 is 12.0 Å². The quantitative estimate of drug-likeness (QED) is 0.786. The minimum atomic E-state index is -1.29. The summed E-state index contributed by atoms with van der Waals surface area (Å²) in [4.78, 5) is 26.1. The van der Waals surface area contributed by atoms with Crippen molar-refractivity contribution in [3.8, 4) is 0 Å². The molecule has 0 spiro atoms. The number of amides is 2. The molecule has 7 nitrogen and oxygen atoms in total. The highest BCUT2D eigenvalue weighted by Gasteiger charge is 2.65. The molecule has 2 fully saturated rings. The van der Waals surface area contributed by atoms with E-state index < -0.39 is 29.6 Å². The third-order valence-electron chi connectivity index (χ3n) is 4.77. The van der Waals surface area contributed by atoms with Crippen molar-refractivity contribution in [1.82, 2.24) is 10.2 Å². The normalized spacial score (nSPS) is 30.4. The molecule has 2 N–H and O–H groups in total. The lowest BCUT2D eigenvalue weighted by Crippen LogP contribution is -2.82. The van der Waals surface area contributed by atoms with Gasteiger partial charge in [0.05, 0.1) is 12.6 Å². The molecule has 7 heteroatoms. The van der Waals surface area contributed by atoms with Crippen LogP contribution in [0.5, 0.6) is 0 Å². The Balaban J connectivity index is 1.98. The van der Waals surface area contributed by atoms with E-state index in [1.54, 1.807) is 26.1 Å². The molecule has 140 valence electrons. The highest BCUT2D eigenvalue weighted by atomic mass is 16.7. The number of likely N-dealkylation sites (tertiary alicyclic amines) is 1. The van der Waals surface area contributed by atoms with E-state index in [2.05, 4.69) is 5.32 Å². The topological polar surface area (TPSA) is 88.1 Å². The number of nitrogens with one attached hydrogen (secondary N) is 1. The van der Waals surface area contributed by atoms with Crippen molar-refractivity contribution in [2.24, 2.45) is 0 Å². The minimum absolute atomic E-state index is 0.248. The molecule has 1 unspecified atom stereocenters. The average molecular weight is 360 g/mol. The van der Waals surface area contributed by atoms with Gasteiger partial charge in [-0.1, -0.05) is 36.4 Å². The van der Waals surface area contributed by atoms with E-state index in [-0.39, 0.29) is 18.9 Å². The van der Waals surface area contributed by atoms with Crippen LogP contribution >= 0.6 is 0 Å². The molecule has 0 aromatic heterocycles. The van der Waals surface area contributed by atoms with Crippen LogP contribution in [0.3, 0.4) is 0 Å². The molecule has 0 saturated carbocycles. The van der Waals surface area contributed by atoms with Gasteiger partial charge in [-0.15, -0.1) is 0 Å². The molecule has 1 aromatic carbocycles. The first-order valence-corrected chi connectivity index (χ1v) is 8.61. The van der Waals surface area contributed by atoms with Crippen molar-refractivity contribution in [3.05, 3.63) is 48.2 Å². The molecule has 0 aliphatic carbocycles. The molecule has 2 aliphatic rings. The second-order valence-electron chi connectivity index (χ2n) is 7.07. The summed E-state index contributed by atoms with van der Waals surface area (Å²) in [6.07, 6.45) is 1.98. The van der Waals surface area contributed by atoms with Crippen molar-refractivity contribution in [2.75, 3.05) is 6.61 Å². The number of carbonyl (C=O) groups is 2. The summed E-state index contributed by atoms with van der Waals surface area (Å²) in [5, 5.41) is 11.9. The molecule has 26 heavy (non-hydrogen) atoms. The number of β-lactam (4-membered cyclic amide) rings is 1. The van der Waals surface area contributed by atoms with Crippen LogP contribution < -0.4 is 5.32 Å². The summed E-state index contributed by atoms with van der Waals surface area (Å²) in [6, 6.07) is 8.87. The van der Waals surface area contributed by atoms with Gasteiger partial charge in [0.1, 0.15) is 11.6 Å². The Morgan fingerprint density at radius 1 is 1.38 bits per heavy atom. The first kappa shape index (κ1) is 18.4. The van der Waals surface area contributed by atoms with Gasteiger partial charge in [0.2, 0.25) is 0 Å². The van der Waals surface area contributed by atoms with Gasteiger partial charge < -0.3 is 24.8 Å². The fourth-order valence-corrected chi connectivity index (χ4v) is 3.80. The third kappa shape index (κ3) is 3.20. The van der Waals surface area contributed by atoms with E-state index in [0.29, 0.717) is 0 Å². The fraction of sp³-hybridized carbons (Fsp3) is 0.474. The second kappa shape index (κ2) is 6.74. The van der Waals surface area contributed by atoms with Crippen molar-refractivity contribution in [1.29, 1.82) is 0 Å². The van der Waals surface area contributed by atoms with Gasteiger partial charge in [0.25, 0.3) is 5.91 Å². The van der Waals surface area contributed by atoms with E-state index in [0.717, 1.165) is 5.56 Å². The maximum atomic E-state index is 13.0. The first-order chi connectivity index (χ1) is 12.3. The lowest BCUT2D eigenvalue weighted by molar-refractivity contribution is -0.179. The number of ether oxygens (including phenoxy) is 2. The van der Waals surface area contributed by atoms with Crippen LogP contribution in [0.15, 0.2) is 42.6 Å². The van der Waals surface area contributed by atoms with Crippen LogP contribution in [-0.2, 0) is 20.7 Å². The molecule has 3 rings (SSSR count). The Morgan fingerprint density at radius 2 is 2.08 bits per heavy atom. The summed E-state index contributed by atoms with van der Waals surface area (Å²) < 4.78 is 11.6. The van der Waals surface area contributed by atoms with Gasteiger partial charge in [-0.2, -0.15) is 0 Å². The highest BCUT2D eigenvalue weighted by Crippen LogP contribution is 2.41. The molecule has 1 aromatic rings. The monoisotopic (exact) mass is 360 g/mol. The predicted octanol–water partition coefficient (Wildman–Crippen LogP) is 2.13. The number of carboxylic acid groups (broad SMARTS) is 1. The predicted molar refractivity (Wildman–Crippen MR) is 94.4 cm³/mol. The standard InChI is InChI=1S/C19H24N2O5/c1-4-10-21-15(14-12-25-18(2,3)26-14)19(16(21)22,20-17(23)24)11-13-8-6-5-7-9-13/h4-10,14-15,20H,11-12H2,1-3H3,(H,23,24)/t14?,15-,19+/m1/s1. The lowest BCUT2D eigenvalue weighted by atomic mass is 9.72. The maximum Gasteiger partial charge on any atom is 0.405 e. The third-order valence-corrected chi connectivity index (χ3v) is 4.77. The van der Waals surface area contributed by atoms with Crippen molar-refractivity contribution < 1.29 is 24.2 Å². The van der Waals surface area contributed by atoms with Crippen LogP contribution in [0.1, 0.15) is 26.3 Å². The summed E-state index contributed by atoms with van der Waals surface area (Å²) in [5.41, 5.74) is -0.417. The smallest absolute Gasteiger partial charge is 0.405 e. The summed E-state index contributed by atoms with van der Waals surface area (Å²) in [6.45, 7) is 5.70. The van der Waals surface area contributed by atoms with E-state index in [1.807, 2.05) is 37.3 Å². The van der Waals surface area contributed by atoms with Crippen molar-refractivity contribution in [2.45, 2.75) is 50.7 Å². The first-order valence-electron chi connectivity index (χ1n) is 8.61. The summed E-state index contributed by atoms with van der Waals surface area (Å²) in [7, 11) is 0. The number of hydrogen-bond acceptors (Lipinski definition) is 4. The van der Waals surface area contributed by atoms with Gasteiger partial charge >= 0.3 is 6.09 Å². The van der Waals surface area contributed by atoms with Crippen LogP contribution in [0.2, 0.25) is 0 Å². The maximum absolute atomic E-state index is 13.0.